The van der Waals surface area contributed by atoms with Crippen LogP contribution in [0.2, 0.25) is 0 Å². The molecule has 1 aromatic carbocycles. The summed E-state index contributed by atoms with van der Waals surface area (Å²) in [6, 6.07) is 9.91. The number of alkyl halides is 1. The van der Waals surface area contributed by atoms with Crippen molar-refractivity contribution in [3.63, 3.8) is 0 Å². The second-order valence-electron chi connectivity index (χ2n) is 5.10. The highest BCUT2D eigenvalue weighted by Gasteiger charge is 2.41. The van der Waals surface area contributed by atoms with Crippen LogP contribution in [0.1, 0.15) is 39.7 Å². The summed E-state index contributed by atoms with van der Waals surface area (Å²) in [5, 5.41) is 0. The molecule has 0 saturated carbocycles. The van der Waals surface area contributed by atoms with Gasteiger partial charge in [0.05, 0.1) is 0 Å². The Morgan fingerprint density at radius 2 is 1.69 bits per heavy atom. The highest BCUT2D eigenvalue weighted by Crippen LogP contribution is 2.41. The summed E-state index contributed by atoms with van der Waals surface area (Å²) in [4.78, 5) is 12.5. The highest BCUT2D eigenvalue weighted by molar-refractivity contribution is 9.10. The molecule has 0 bridgehead atoms. The molecular weight excluding hydrogens is 264 g/mol. The van der Waals surface area contributed by atoms with Gasteiger partial charge in [0.2, 0.25) is 0 Å². The number of rotatable bonds is 3. The summed E-state index contributed by atoms with van der Waals surface area (Å²) in [6.45, 7) is 7.92. The Morgan fingerprint density at radius 3 is 2.06 bits per heavy atom. The fraction of sp³-hybridized carbons (Fsp3) is 0.500. The molecule has 0 fully saturated rings. The maximum atomic E-state index is 12.5. The third-order valence-electron chi connectivity index (χ3n) is 2.76. The van der Waals surface area contributed by atoms with Gasteiger partial charge >= 0.3 is 0 Å². The number of Topliss-reactive ketones (excluding diaryl/α,β-unsaturated/α-hetero) is 1. The number of halogens is 1. The van der Waals surface area contributed by atoms with Crippen molar-refractivity contribution in [2.45, 2.75) is 38.4 Å². The third kappa shape index (κ3) is 2.54. The lowest BCUT2D eigenvalue weighted by atomic mass is 9.78. The summed E-state index contributed by atoms with van der Waals surface area (Å²) in [6.07, 6.45) is 0.757. The minimum Gasteiger partial charge on any atom is -0.297 e. The van der Waals surface area contributed by atoms with E-state index in [1.807, 2.05) is 58.0 Å². The van der Waals surface area contributed by atoms with Gasteiger partial charge in [0.15, 0.2) is 5.78 Å². The van der Waals surface area contributed by atoms with E-state index in [0.29, 0.717) is 0 Å². The van der Waals surface area contributed by atoms with Crippen LogP contribution in [0.3, 0.4) is 0 Å². The summed E-state index contributed by atoms with van der Waals surface area (Å²) < 4.78 is -0.549. The van der Waals surface area contributed by atoms with Gasteiger partial charge in [-0.05, 0) is 12.0 Å². The first-order valence-corrected chi connectivity index (χ1v) is 6.41. The van der Waals surface area contributed by atoms with Crippen LogP contribution in [0.25, 0.3) is 0 Å². The summed E-state index contributed by atoms with van der Waals surface area (Å²) in [5.41, 5.74) is 0.701. The van der Waals surface area contributed by atoms with Gasteiger partial charge in [0.25, 0.3) is 0 Å². The number of hydrogen-bond donors (Lipinski definition) is 0. The van der Waals surface area contributed by atoms with Gasteiger partial charge in [-0.3, -0.25) is 4.79 Å². The number of benzene rings is 1. The minimum absolute atomic E-state index is 0.230. The SMILES string of the molecule is CCC(Br)(C(=O)C(C)(C)C)c1ccccc1. The Kier molecular flexibility index (Phi) is 3.95. The molecule has 0 spiro atoms. The zero-order valence-corrected chi connectivity index (χ0v) is 12.0. The van der Waals surface area contributed by atoms with Crippen LogP contribution in [0, 0.1) is 5.41 Å². The number of carbonyl (C=O) groups excluding carboxylic acids is 1. The maximum Gasteiger partial charge on any atom is 0.159 e. The average Bonchev–Trinajstić information content (AvgIpc) is 2.27. The lowest BCUT2D eigenvalue weighted by Crippen LogP contribution is -2.37. The zero-order valence-electron chi connectivity index (χ0n) is 10.4. The van der Waals surface area contributed by atoms with E-state index >= 15 is 0 Å². The van der Waals surface area contributed by atoms with Crippen LogP contribution in [-0.2, 0) is 9.12 Å². The first-order chi connectivity index (χ1) is 7.32. The molecule has 0 aliphatic rings. The van der Waals surface area contributed by atoms with Crippen molar-refractivity contribution in [3.05, 3.63) is 35.9 Å². The van der Waals surface area contributed by atoms with Crippen LogP contribution >= 0.6 is 15.9 Å². The highest BCUT2D eigenvalue weighted by atomic mass is 79.9. The van der Waals surface area contributed by atoms with Gasteiger partial charge in [0.1, 0.15) is 4.32 Å². The molecule has 0 aromatic heterocycles. The molecule has 1 aromatic rings. The van der Waals surface area contributed by atoms with Gasteiger partial charge in [-0.15, -0.1) is 0 Å². The molecule has 0 amide bonds. The average molecular weight is 283 g/mol. The lowest BCUT2D eigenvalue weighted by molar-refractivity contribution is -0.128. The molecule has 0 saturated heterocycles. The summed E-state index contributed by atoms with van der Waals surface area (Å²) in [7, 11) is 0. The Hall–Kier alpha value is -0.630. The van der Waals surface area contributed by atoms with Gasteiger partial charge in [0, 0.05) is 5.41 Å². The molecule has 1 nitrogen and oxygen atoms in total. The van der Waals surface area contributed by atoms with Gasteiger partial charge < -0.3 is 0 Å². The van der Waals surface area contributed by atoms with E-state index < -0.39 is 4.32 Å². The van der Waals surface area contributed by atoms with Crippen LogP contribution in [-0.4, -0.2) is 5.78 Å². The van der Waals surface area contributed by atoms with E-state index in [2.05, 4.69) is 15.9 Å². The van der Waals surface area contributed by atoms with Crippen molar-refractivity contribution < 1.29 is 4.79 Å². The number of ketones is 1. The predicted octanol–water partition coefficient (Wildman–Crippen LogP) is 4.30. The van der Waals surface area contributed by atoms with Crippen molar-refractivity contribution in [1.29, 1.82) is 0 Å². The first kappa shape index (κ1) is 13.4. The molecule has 0 heterocycles. The fourth-order valence-electron chi connectivity index (χ4n) is 1.79. The Bertz CT molecular complexity index is 364. The lowest BCUT2D eigenvalue weighted by Gasteiger charge is -2.32. The van der Waals surface area contributed by atoms with E-state index in [0.717, 1.165) is 12.0 Å². The largest absolute Gasteiger partial charge is 0.297 e. The molecule has 88 valence electrons. The zero-order chi connectivity index (χ0) is 12.4. The first-order valence-electron chi connectivity index (χ1n) is 5.61. The van der Waals surface area contributed by atoms with E-state index in [1.54, 1.807) is 0 Å². The molecule has 2 heteroatoms. The Morgan fingerprint density at radius 1 is 1.19 bits per heavy atom. The van der Waals surface area contributed by atoms with Crippen LogP contribution in [0.5, 0.6) is 0 Å². The molecule has 0 N–H and O–H groups in total. The van der Waals surface area contributed by atoms with Crippen LogP contribution in [0.4, 0.5) is 0 Å². The van der Waals surface area contributed by atoms with Crippen molar-refractivity contribution in [3.8, 4) is 0 Å². The van der Waals surface area contributed by atoms with Crippen LogP contribution in [0.15, 0.2) is 30.3 Å². The Labute approximate surface area is 106 Å². The van der Waals surface area contributed by atoms with Crippen LogP contribution < -0.4 is 0 Å². The van der Waals surface area contributed by atoms with E-state index in [4.69, 9.17) is 0 Å². The number of hydrogen-bond acceptors (Lipinski definition) is 1. The second-order valence-corrected chi connectivity index (χ2v) is 6.45. The Balaban J connectivity index is 3.18. The van der Waals surface area contributed by atoms with Gasteiger partial charge in [-0.2, -0.15) is 0 Å². The van der Waals surface area contributed by atoms with E-state index in [-0.39, 0.29) is 11.2 Å². The van der Waals surface area contributed by atoms with Crippen molar-refractivity contribution in [2.24, 2.45) is 5.41 Å². The molecule has 1 rings (SSSR count). The quantitative estimate of drug-likeness (QED) is 0.756. The number of carbonyl (C=O) groups is 1. The predicted molar refractivity (Wildman–Crippen MR) is 71.8 cm³/mol. The summed E-state index contributed by atoms with van der Waals surface area (Å²) in [5.74, 6) is 0.230. The summed E-state index contributed by atoms with van der Waals surface area (Å²) >= 11 is 3.64. The van der Waals surface area contributed by atoms with Gasteiger partial charge in [-0.1, -0.05) is 74.0 Å². The molecule has 1 atom stereocenters. The van der Waals surface area contributed by atoms with E-state index in [1.165, 1.54) is 0 Å². The normalized spacial score (nSPS) is 15.6. The fourth-order valence-corrected chi connectivity index (χ4v) is 2.65. The molecular formula is C14H19BrO. The van der Waals surface area contributed by atoms with Crippen molar-refractivity contribution in [2.75, 3.05) is 0 Å². The van der Waals surface area contributed by atoms with Gasteiger partial charge in [-0.25, -0.2) is 0 Å². The molecule has 0 radical (unpaired) electrons. The topological polar surface area (TPSA) is 17.1 Å². The second kappa shape index (κ2) is 4.70. The van der Waals surface area contributed by atoms with Crippen molar-refractivity contribution in [1.82, 2.24) is 0 Å². The third-order valence-corrected chi connectivity index (χ3v) is 4.14. The monoisotopic (exact) mass is 282 g/mol. The van der Waals surface area contributed by atoms with Crippen molar-refractivity contribution >= 4 is 21.7 Å². The molecule has 16 heavy (non-hydrogen) atoms. The minimum atomic E-state index is -0.549. The molecule has 1 unspecified atom stereocenters. The van der Waals surface area contributed by atoms with E-state index in [9.17, 15) is 4.79 Å². The molecule has 0 aliphatic heterocycles. The maximum absolute atomic E-state index is 12.5. The standard InChI is InChI=1S/C14H19BrO/c1-5-14(15,12(16)13(2,3)4)11-9-7-6-8-10-11/h6-10H,5H2,1-4H3. The smallest absolute Gasteiger partial charge is 0.159 e. The molecule has 0 aliphatic carbocycles.